The van der Waals surface area contributed by atoms with Gasteiger partial charge in [-0.05, 0) is 37.3 Å². The zero-order valence-corrected chi connectivity index (χ0v) is 18.5. The first-order valence-electron chi connectivity index (χ1n) is 8.83. The van der Waals surface area contributed by atoms with Crippen molar-refractivity contribution in [2.45, 2.75) is 30.8 Å². The molecule has 7 nitrogen and oxygen atoms in total. The van der Waals surface area contributed by atoms with Gasteiger partial charge in [-0.2, -0.15) is 0 Å². The number of thiophene rings is 1. The van der Waals surface area contributed by atoms with Crippen molar-refractivity contribution in [3.05, 3.63) is 38.3 Å². The SMILES string of the molecule is COC(=O)c1c(NC(=O)CSc2nnc3c(Cl)cc(Cl)cn23)sc2c1CCCC2. The summed E-state index contributed by atoms with van der Waals surface area (Å²) < 4.78 is 6.58. The highest BCUT2D eigenvalue weighted by Crippen LogP contribution is 2.38. The number of carbonyl (C=O) groups excluding carboxylic acids is 2. The molecule has 11 heteroatoms. The summed E-state index contributed by atoms with van der Waals surface area (Å²) in [5.74, 6) is -0.572. The second kappa shape index (κ2) is 8.51. The van der Waals surface area contributed by atoms with Crippen LogP contribution in [0.1, 0.15) is 33.6 Å². The number of carbonyl (C=O) groups is 2. The highest BCUT2D eigenvalue weighted by molar-refractivity contribution is 7.99. The van der Waals surface area contributed by atoms with E-state index in [1.807, 2.05) is 0 Å². The highest BCUT2D eigenvalue weighted by atomic mass is 35.5. The van der Waals surface area contributed by atoms with Crippen LogP contribution in [0.2, 0.25) is 10.0 Å². The fraction of sp³-hybridized carbons (Fsp3) is 0.333. The predicted molar refractivity (Wildman–Crippen MR) is 115 cm³/mol. The molecule has 0 aliphatic heterocycles. The van der Waals surface area contributed by atoms with Crippen molar-refractivity contribution in [1.82, 2.24) is 14.6 Å². The average molecular weight is 471 g/mol. The number of thioether (sulfide) groups is 1. The van der Waals surface area contributed by atoms with E-state index in [0.29, 0.717) is 31.4 Å². The summed E-state index contributed by atoms with van der Waals surface area (Å²) >= 11 is 14.8. The van der Waals surface area contributed by atoms with Crippen molar-refractivity contribution in [3.63, 3.8) is 0 Å². The summed E-state index contributed by atoms with van der Waals surface area (Å²) in [7, 11) is 1.35. The molecule has 152 valence electrons. The molecule has 0 aromatic carbocycles. The average Bonchev–Trinajstić information content (AvgIpc) is 3.26. The van der Waals surface area contributed by atoms with E-state index < -0.39 is 5.97 Å². The van der Waals surface area contributed by atoms with E-state index in [-0.39, 0.29) is 11.7 Å². The van der Waals surface area contributed by atoms with Crippen LogP contribution in [0, 0.1) is 0 Å². The van der Waals surface area contributed by atoms with Crippen molar-refractivity contribution in [2.75, 3.05) is 18.2 Å². The van der Waals surface area contributed by atoms with Gasteiger partial charge in [0.25, 0.3) is 0 Å². The Morgan fingerprint density at radius 2 is 2.10 bits per heavy atom. The van der Waals surface area contributed by atoms with E-state index in [9.17, 15) is 9.59 Å². The fourth-order valence-corrected chi connectivity index (χ4v) is 5.78. The van der Waals surface area contributed by atoms with Crippen LogP contribution in [-0.2, 0) is 22.4 Å². The lowest BCUT2D eigenvalue weighted by Crippen LogP contribution is -2.16. The molecule has 0 saturated carbocycles. The number of methoxy groups -OCH3 is 1. The molecular formula is C18H16Cl2N4O3S2. The molecule has 3 heterocycles. The molecule has 3 aromatic rings. The molecule has 1 N–H and O–H groups in total. The van der Waals surface area contributed by atoms with Crippen molar-refractivity contribution in [2.24, 2.45) is 0 Å². The maximum Gasteiger partial charge on any atom is 0.341 e. The van der Waals surface area contributed by atoms with Gasteiger partial charge in [0.15, 0.2) is 10.8 Å². The first-order valence-corrected chi connectivity index (χ1v) is 11.4. The number of aryl methyl sites for hydroxylation is 1. The van der Waals surface area contributed by atoms with Gasteiger partial charge in [-0.1, -0.05) is 35.0 Å². The quantitative estimate of drug-likeness (QED) is 0.436. The molecule has 4 rings (SSSR count). The number of anilines is 1. The van der Waals surface area contributed by atoms with Crippen LogP contribution >= 0.6 is 46.3 Å². The van der Waals surface area contributed by atoms with Gasteiger partial charge in [-0.25, -0.2) is 4.79 Å². The number of rotatable bonds is 5. The Hall–Kier alpha value is -1.81. The van der Waals surface area contributed by atoms with Crippen LogP contribution in [-0.4, -0.2) is 39.3 Å². The summed E-state index contributed by atoms with van der Waals surface area (Å²) in [5, 5.41) is 12.8. The van der Waals surface area contributed by atoms with Gasteiger partial charge in [0.2, 0.25) is 5.91 Å². The second-order valence-corrected chi connectivity index (χ2v) is 9.32. The van der Waals surface area contributed by atoms with Gasteiger partial charge in [0.1, 0.15) is 5.00 Å². The molecule has 0 saturated heterocycles. The molecule has 0 unspecified atom stereocenters. The number of pyridine rings is 1. The molecule has 0 radical (unpaired) electrons. The van der Waals surface area contributed by atoms with Gasteiger partial charge in [0.05, 0.1) is 28.5 Å². The number of nitrogens with zero attached hydrogens (tertiary/aromatic N) is 3. The Morgan fingerprint density at radius 1 is 1.31 bits per heavy atom. The zero-order chi connectivity index (χ0) is 20.5. The smallest absolute Gasteiger partial charge is 0.341 e. The third-order valence-corrected chi connectivity index (χ3v) is 7.18. The largest absolute Gasteiger partial charge is 0.465 e. The Bertz CT molecular complexity index is 1110. The Labute approximate surface area is 184 Å². The highest BCUT2D eigenvalue weighted by Gasteiger charge is 2.27. The number of amides is 1. The zero-order valence-electron chi connectivity index (χ0n) is 15.3. The summed E-state index contributed by atoms with van der Waals surface area (Å²) in [4.78, 5) is 26.0. The molecule has 0 atom stereocenters. The van der Waals surface area contributed by atoms with Crippen LogP contribution in [0.5, 0.6) is 0 Å². The number of esters is 1. The molecular weight excluding hydrogens is 455 g/mol. The molecule has 1 amide bonds. The lowest BCUT2D eigenvalue weighted by molar-refractivity contribution is -0.113. The molecule has 3 aromatic heterocycles. The van der Waals surface area contributed by atoms with E-state index in [1.54, 1.807) is 16.7 Å². The molecule has 0 spiro atoms. The van der Waals surface area contributed by atoms with E-state index in [4.69, 9.17) is 27.9 Å². The van der Waals surface area contributed by atoms with Crippen LogP contribution in [0.3, 0.4) is 0 Å². The van der Waals surface area contributed by atoms with Crippen molar-refractivity contribution in [3.8, 4) is 0 Å². The van der Waals surface area contributed by atoms with Gasteiger partial charge >= 0.3 is 5.97 Å². The maximum atomic E-state index is 12.6. The van der Waals surface area contributed by atoms with Crippen LogP contribution in [0.4, 0.5) is 5.00 Å². The Kier molecular flexibility index (Phi) is 6.00. The number of hydrogen-bond donors (Lipinski definition) is 1. The van der Waals surface area contributed by atoms with E-state index in [0.717, 1.165) is 36.1 Å². The number of halogens is 2. The first-order chi connectivity index (χ1) is 14.0. The summed E-state index contributed by atoms with van der Waals surface area (Å²) in [6, 6.07) is 1.58. The number of ether oxygens (including phenoxy) is 1. The second-order valence-electron chi connectivity index (χ2n) is 6.43. The third-order valence-electron chi connectivity index (χ3n) is 4.54. The minimum Gasteiger partial charge on any atom is -0.465 e. The number of aromatic nitrogens is 3. The summed E-state index contributed by atoms with van der Waals surface area (Å²) in [6.07, 6.45) is 5.51. The van der Waals surface area contributed by atoms with E-state index >= 15 is 0 Å². The van der Waals surface area contributed by atoms with Crippen LogP contribution < -0.4 is 5.32 Å². The standard InChI is InChI=1S/C18H16Cl2N4O3S2/c1-27-17(26)14-10-4-2-3-5-12(10)29-16(14)21-13(25)8-28-18-23-22-15-11(20)6-9(19)7-24(15)18/h6-7H,2-5,8H2,1H3,(H,21,25). The Morgan fingerprint density at radius 3 is 2.90 bits per heavy atom. The monoisotopic (exact) mass is 470 g/mol. The molecule has 0 fully saturated rings. The predicted octanol–water partition coefficient (Wildman–Crippen LogP) is 4.49. The van der Waals surface area contributed by atoms with E-state index in [2.05, 4.69) is 15.5 Å². The van der Waals surface area contributed by atoms with Crippen molar-refractivity contribution in [1.29, 1.82) is 0 Å². The van der Waals surface area contributed by atoms with Gasteiger partial charge in [-0.3, -0.25) is 9.20 Å². The van der Waals surface area contributed by atoms with Gasteiger partial charge < -0.3 is 10.1 Å². The van der Waals surface area contributed by atoms with Crippen molar-refractivity contribution < 1.29 is 14.3 Å². The van der Waals surface area contributed by atoms with Crippen molar-refractivity contribution >= 4 is 68.8 Å². The number of fused-ring (bicyclic) bond motifs is 2. The minimum atomic E-state index is -0.417. The summed E-state index contributed by atoms with van der Waals surface area (Å²) in [6.45, 7) is 0. The number of nitrogens with one attached hydrogen (secondary N) is 1. The first kappa shape index (κ1) is 20.5. The number of hydrogen-bond acceptors (Lipinski definition) is 7. The molecule has 1 aliphatic rings. The maximum absolute atomic E-state index is 12.6. The lowest BCUT2D eigenvalue weighted by atomic mass is 9.95. The van der Waals surface area contributed by atoms with Gasteiger partial charge in [-0.15, -0.1) is 21.5 Å². The van der Waals surface area contributed by atoms with E-state index in [1.165, 1.54) is 30.2 Å². The molecule has 29 heavy (non-hydrogen) atoms. The summed E-state index contributed by atoms with van der Waals surface area (Å²) in [5.41, 5.74) is 1.96. The fourth-order valence-electron chi connectivity index (χ4n) is 3.27. The third kappa shape index (κ3) is 4.09. The topological polar surface area (TPSA) is 85.6 Å². The Balaban J connectivity index is 1.51. The van der Waals surface area contributed by atoms with Gasteiger partial charge in [0, 0.05) is 11.1 Å². The molecule has 0 bridgehead atoms. The lowest BCUT2D eigenvalue weighted by Gasteiger charge is -2.11. The van der Waals surface area contributed by atoms with Crippen LogP contribution in [0.15, 0.2) is 17.4 Å². The molecule has 1 aliphatic carbocycles. The minimum absolute atomic E-state index is 0.0914. The normalized spacial score (nSPS) is 13.3. The van der Waals surface area contributed by atoms with Crippen LogP contribution in [0.25, 0.3) is 5.65 Å².